The number of carboxylic acid groups (broad SMARTS) is 1. The molecular formula is C13H15NO4. The molecule has 0 bridgehead atoms. The van der Waals surface area contributed by atoms with Gasteiger partial charge in [0.05, 0.1) is 19.4 Å². The van der Waals surface area contributed by atoms with Gasteiger partial charge in [-0.15, -0.1) is 0 Å². The smallest absolute Gasteiger partial charge is 0.304 e. The lowest BCUT2D eigenvalue weighted by Gasteiger charge is -2.10. The van der Waals surface area contributed by atoms with Crippen LogP contribution in [0.15, 0.2) is 18.2 Å². The standard InChI is InChI=1S/C13H15NO4/c1-18-11-3-2-8-4-9(6-12(15)16)13(17)14-7-10(8)5-11/h2-3,5,9H,4,6-7H2,1H3,(H,14,17)(H,15,16)/t9-/m1/s1. The molecule has 0 spiro atoms. The molecule has 1 atom stereocenters. The Bertz CT molecular complexity index is 484. The van der Waals surface area contributed by atoms with Gasteiger partial charge in [0.15, 0.2) is 0 Å². The highest BCUT2D eigenvalue weighted by molar-refractivity contribution is 5.84. The van der Waals surface area contributed by atoms with Gasteiger partial charge in [0.1, 0.15) is 5.75 Å². The van der Waals surface area contributed by atoms with Crippen molar-refractivity contribution in [2.75, 3.05) is 7.11 Å². The summed E-state index contributed by atoms with van der Waals surface area (Å²) < 4.78 is 5.13. The van der Waals surface area contributed by atoms with Crippen LogP contribution in [0.25, 0.3) is 0 Å². The van der Waals surface area contributed by atoms with Crippen LogP contribution in [0.1, 0.15) is 17.5 Å². The van der Waals surface area contributed by atoms with Gasteiger partial charge >= 0.3 is 5.97 Å². The molecule has 18 heavy (non-hydrogen) atoms. The topological polar surface area (TPSA) is 75.6 Å². The van der Waals surface area contributed by atoms with Crippen LogP contribution in [0.4, 0.5) is 0 Å². The SMILES string of the molecule is COc1ccc2c(c1)CNC(=O)[C@@H](CC(=O)O)C2. The van der Waals surface area contributed by atoms with Gasteiger partial charge in [0.25, 0.3) is 0 Å². The lowest BCUT2D eigenvalue weighted by molar-refractivity contribution is -0.141. The maximum absolute atomic E-state index is 11.8. The van der Waals surface area contributed by atoms with Gasteiger partial charge in [-0.25, -0.2) is 0 Å². The van der Waals surface area contributed by atoms with Crippen LogP contribution in [0.2, 0.25) is 0 Å². The molecule has 0 radical (unpaired) electrons. The molecule has 0 aliphatic carbocycles. The Labute approximate surface area is 105 Å². The lowest BCUT2D eigenvalue weighted by Crippen LogP contribution is -2.30. The summed E-state index contributed by atoms with van der Waals surface area (Å²) in [7, 11) is 1.59. The number of carbonyl (C=O) groups excluding carboxylic acids is 1. The Balaban J connectivity index is 2.26. The van der Waals surface area contributed by atoms with Gasteiger partial charge < -0.3 is 15.2 Å². The number of ether oxygens (including phenoxy) is 1. The van der Waals surface area contributed by atoms with E-state index in [-0.39, 0.29) is 12.3 Å². The molecule has 1 heterocycles. The number of methoxy groups -OCH3 is 1. The number of fused-ring (bicyclic) bond motifs is 1. The first-order chi connectivity index (χ1) is 8.60. The molecule has 1 amide bonds. The first-order valence-electron chi connectivity index (χ1n) is 5.75. The van der Waals surface area contributed by atoms with E-state index in [0.717, 1.165) is 16.9 Å². The number of benzene rings is 1. The number of hydrogen-bond acceptors (Lipinski definition) is 3. The summed E-state index contributed by atoms with van der Waals surface area (Å²) in [5, 5.41) is 11.6. The van der Waals surface area contributed by atoms with Crippen molar-refractivity contribution in [2.24, 2.45) is 5.92 Å². The first-order valence-corrected chi connectivity index (χ1v) is 5.75. The summed E-state index contributed by atoms with van der Waals surface area (Å²) in [6.45, 7) is 0.418. The molecule has 0 fully saturated rings. The summed E-state index contributed by atoms with van der Waals surface area (Å²) in [5.74, 6) is -0.920. The van der Waals surface area contributed by atoms with Crippen LogP contribution in [-0.4, -0.2) is 24.1 Å². The quantitative estimate of drug-likeness (QED) is 0.836. The van der Waals surface area contributed by atoms with Crippen molar-refractivity contribution in [2.45, 2.75) is 19.4 Å². The third kappa shape index (κ3) is 2.61. The number of aliphatic carboxylic acids is 1. The van der Waals surface area contributed by atoms with E-state index in [2.05, 4.69) is 5.32 Å². The Morgan fingerprint density at radius 1 is 1.50 bits per heavy atom. The average molecular weight is 249 g/mol. The van der Waals surface area contributed by atoms with Crippen LogP contribution in [-0.2, 0) is 22.6 Å². The number of carboxylic acids is 1. The number of amides is 1. The molecule has 0 unspecified atom stereocenters. The highest BCUT2D eigenvalue weighted by Crippen LogP contribution is 2.24. The van der Waals surface area contributed by atoms with Gasteiger partial charge in [-0.1, -0.05) is 6.07 Å². The van der Waals surface area contributed by atoms with E-state index < -0.39 is 11.9 Å². The second-order valence-corrected chi connectivity index (χ2v) is 4.35. The Hall–Kier alpha value is -2.04. The fourth-order valence-corrected chi connectivity index (χ4v) is 2.15. The predicted molar refractivity (Wildman–Crippen MR) is 64.3 cm³/mol. The average Bonchev–Trinajstić information content (AvgIpc) is 2.49. The highest BCUT2D eigenvalue weighted by atomic mass is 16.5. The largest absolute Gasteiger partial charge is 0.497 e. The molecule has 2 rings (SSSR count). The van der Waals surface area contributed by atoms with Crippen molar-refractivity contribution < 1.29 is 19.4 Å². The number of rotatable bonds is 3. The van der Waals surface area contributed by atoms with Gasteiger partial charge in [-0.2, -0.15) is 0 Å². The summed E-state index contributed by atoms with van der Waals surface area (Å²) >= 11 is 0. The fraction of sp³-hybridized carbons (Fsp3) is 0.385. The summed E-state index contributed by atoms with van der Waals surface area (Å²) in [6.07, 6.45) is 0.314. The van der Waals surface area contributed by atoms with Crippen LogP contribution in [0.3, 0.4) is 0 Å². The van der Waals surface area contributed by atoms with Crippen molar-refractivity contribution in [3.63, 3.8) is 0 Å². The predicted octanol–water partition coefficient (Wildman–Crippen LogP) is 0.958. The van der Waals surface area contributed by atoms with E-state index >= 15 is 0 Å². The van der Waals surface area contributed by atoms with Crippen molar-refractivity contribution in [1.82, 2.24) is 5.32 Å². The lowest BCUT2D eigenvalue weighted by atomic mass is 9.94. The Kier molecular flexibility index (Phi) is 3.50. The van der Waals surface area contributed by atoms with Gasteiger partial charge in [-0.05, 0) is 29.7 Å². The maximum atomic E-state index is 11.8. The number of nitrogens with one attached hydrogen (secondary N) is 1. The normalized spacial score (nSPS) is 18.5. The second kappa shape index (κ2) is 5.08. The van der Waals surface area contributed by atoms with Crippen molar-refractivity contribution in [1.29, 1.82) is 0 Å². The van der Waals surface area contributed by atoms with Crippen molar-refractivity contribution in [3.05, 3.63) is 29.3 Å². The molecule has 96 valence electrons. The third-order valence-electron chi connectivity index (χ3n) is 3.12. The zero-order valence-corrected chi connectivity index (χ0v) is 10.1. The van der Waals surface area contributed by atoms with E-state index in [0.29, 0.717) is 13.0 Å². The zero-order chi connectivity index (χ0) is 13.1. The Morgan fingerprint density at radius 2 is 2.28 bits per heavy atom. The molecule has 0 aromatic heterocycles. The molecule has 0 saturated heterocycles. The molecule has 1 aliphatic rings. The van der Waals surface area contributed by atoms with E-state index in [4.69, 9.17) is 9.84 Å². The first kappa shape index (κ1) is 12.4. The molecule has 1 aliphatic heterocycles. The highest BCUT2D eigenvalue weighted by Gasteiger charge is 2.26. The van der Waals surface area contributed by atoms with Gasteiger partial charge in [0.2, 0.25) is 5.91 Å². The summed E-state index contributed by atoms with van der Waals surface area (Å²) in [6, 6.07) is 5.59. The minimum Gasteiger partial charge on any atom is -0.497 e. The van der Waals surface area contributed by atoms with E-state index in [1.165, 1.54) is 0 Å². The van der Waals surface area contributed by atoms with E-state index in [9.17, 15) is 9.59 Å². The van der Waals surface area contributed by atoms with Gasteiger partial charge in [-0.3, -0.25) is 9.59 Å². The maximum Gasteiger partial charge on any atom is 0.304 e. The number of carbonyl (C=O) groups is 2. The molecule has 5 nitrogen and oxygen atoms in total. The van der Waals surface area contributed by atoms with Crippen LogP contribution in [0, 0.1) is 5.92 Å². The number of hydrogen-bond donors (Lipinski definition) is 2. The minimum absolute atomic E-state index is 0.142. The second-order valence-electron chi connectivity index (χ2n) is 4.35. The zero-order valence-electron chi connectivity index (χ0n) is 10.1. The molecule has 1 aromatic rings. The third-order valence-corrected chi connectivity index (χ3v) is 3.12. The molecular weight excluding hydrogens is 234 g/mol. The van der Waals surface area contributed by atoms with E-state index in [1.54, 1.807) is 7.11 Å². The fourth-order valence-electron chi connectivity index (χ4n) is 2.15. The molecule has 5 heteroatoms. The van der Waals surface area contributed by atoms with Crippen LogP contribution >= 0.6 is 0 Å². The molecule has 0 saturated carbocycles. The Morgan fingerprint density at radius 3 is 2.94 bits per heavy atom. The van der Waals surface area contributed by atoms with E-state index in [1.807, 2.05) is 18.2 Å². The van der Waals surface area contributed by atoms with Crippen molar-refractivity contribution >= 4 is 11.9 Å². The molecule has 2 N–H and O–H groups in total. The molecule has 1 aromatic carbocycles. The van der Waals surface area contributed by atoms with Crippen LogP contribution in [0.5, 0.6) is 5.75 Å². The monoisotopic (exact) mass is 249 g/mol. The van der Waals surface area contributed by atoms with Crippen molar-refractivity contribution in [3.8, 4) is 5.75 Å². The minimum atomic E-state index is -0.952. The van der Waals surface area contributed by atoms with Gasteiger partial charge in [0, 0.05) is 6.54 Å². The van der Waals surface area contributed by atoms with Crippen LogP contribution < -0.4 is 10.1 Å². The summed E-state index contributed by atoms with van der Waals surface area (Å²) in [5.41, 5.74) is 1.98. The summed E-state index contributed by atoms with van der Waals surface area (Å²) in [4.78, 5) is 22.5.